The van der Waals surface area contributed by atoms with E-state index in [1.165, 1.54) is 0 Å². The van der Waals surface area contributed by atoms with Gasteiger partial charge in [-0.2, -0.15) is 0 Å². The number of amides is 1. The average Bonchev–Trinajstić information content (AvgIpc) is 2.74. The molecule has 0 radical (unpaired) electrons. The lowest BCUT2D eigenvalue weighted by Crippen LogP contribution is -2.28. The van der Waals surface area contributed by atoms with Gasteiger partial charge in [0.15, 0.2) is 0 Å². The van der Waals surface area contributed by atoms with E-state index in [1.807, 2.05) is 53.1 Å². The van der Waals surface area contributed by atoms with Crippen LogP contribution in [0.2, 0.25) is 0 Å². The van der Waals surface area contributed by atoms with E-state index in [9.17, 15) is 9.59 Å². The highest BCUT2D eigenvalue weighted by Crippen LogP contribution is 2.31. The molecule has 0 unspecified atom stereocenters. The molecule has 0 aliphatic rings. The number of nitrogens with zero attached hydrogens (tertiary/aromatic N) is 1. The number of hydrogen-bond donors (Lipinski definition) is 2. The Balaban J connectivity index is 0.00000341. The molecule has 7 heteroatoms. The highest BCUT2D eigenvalue weighted by molar-refractivity contribution is 5.97. The third-order valence-electron chi connectivity index (χ3n) is 4.96. The Labute approximate surface area is 188 Å². The minimum Gasteiger partial charge on any atom is -0.450 e. The van der Waals surface area contributed by atoms with E-state index in [1.54, 1.807) is 6.92 Å². The number of halogens is 1. The molecule has 0 atom stereocenters. The second-order valence-electron chi connectivity index (χ2n) is 7.66. The summed E-state index contributed by atoms with van der Waals surface area (Å²) in [5.41, 5.74) is 9.81. The normalized spacial score (nSPS) is 10.7. The van der Waals surface area contributed by atoms with Crippen molar-refractivity contribution in [2.45, 2.75) is 40.4 Å². The van der Waals surface area contributed by atoms with Crippen LogP contribution in [0.4, 0.5) is 4.79 Å². The van der Waals surface area contributed by atoms with E-state index < -0.39 is 6.09 Å². The average molecular weight is 444 g/mol. The quantitative estimate of drug-likeness (QED) is 0.564. The number of carbonyl (C=O) groups is 1. The smallest absolute Gasteiger partial charge is 0.407 e. The maximum Gasteiger partial charge on any atom is 0.407 e. The van der Waals surface area contributed by atoms with Crippen LogP contribution in [0.5, 0.6) is 0 Å². The fourth-order valence-corrected chi connectivity index (χ4v) is 3.71. The summed E-state index contributed by atoms with van der Waals surface area (Å²) in [6, 6.07) is 15.6. The van der Waals surface area contributed by atoms with Crippen molar-refractivity contribution in [1.82, 2.24) is 9.88 Å². The predicted octanol–water partition coefficient (Wildman–Crippen LogP) is 4.45. The molecule has 1 aromatic heterocycles. The van der Waals surface area contributed by atoms with Gasteiger partial charge in [-0.15, -0.1) is 12.4 Å². The van der Waals surface area contributed by atoms with Gasteiger partial charge in [0.2, 0.25) is 0 Å². The zero-order valence-electron chi connectivity index (χ0n) is 18.2. The second kappa shape index (κ2) is 11.0. The van der Waals surface area contributed by atoms with Crippen molar-refractivity contribution in [2.24, 2.45) is 11.7 Å². The van der Waals surface area contributed by atoms with Gasteiger partial charge in [0.25, 0.3) is 5.56 Å². The molecule has 6 nitrogen and oxygen atoms in total. The molecule has 0 saturated heterocycles. The largest absolute Gasteiger partial charge is 0.450 e. The van der Waals surface area contributed by atoms with Gasteiger partial charge >= 0.3 is 6.09 Å². The standard InChI is InChI=1S/C24H29N3O3.ClH/c1-4-30-24(29)26-14-17-10-11-19-20(12-17)22(18-8-6-5-7-9-18)21(13-25)27(23(19)28)15-16(2)3;/h5-12,16H,4,13-15,25H2,1-3H3,(H,26,29);1H. The van der Waals surface area contributed by atoms with Crippen LogP contribution in [-0.2, 0) is 24.4 Å². The van der Waals surface area contributed by atoms with Crippen molar-refractivity contribution >= 4 is 29.3 Å². The van der Waals surface area contributed by atoms with E-state index in [2.05, 4.69) is 19.2 Å². The molecule has 31 heavy (non-hydrogen) atoms. The fraction of sp³-hybridized carbons (Fsp3) is 0.333. The van der Waals surface area contributed by atoms with E-state index in [4.69, 9.17) is 10.5 Å². The Hall–Kier alpha value is -2.83. The predicted molar refractivity (Wildman–Crippen MR) is 127 cm³/mol. The van der Waals surface area contributed by atoms with Gasteiger partial charge in [0.05, 0.1) is 6.61 Å². The number of fused-ring (bicyclic) bond motifs is 1. The lowest BCUT2D eigenvalue weighted by Gasteiger charge is -2.21. The molecule has 3 aromatic rings. The Bertz CT molecular complexity index is 1090. The molecular formula is C24H30ClN3O3. The lowest BCUT2D eigenvalue weighted by atomic mass is 9.95. The highest BCUT2D eigenvalue weighted by atomic mass is 35.5. The number of rotatable bonds is 7. The number of pyridine rings is 1. The SMILES string of the molecule is CCOC(=O)NCc1ccc2c(=O)n(CC(C)C)c(CN)c(-c3ccccc3)c2c1.Cl. The maximum atomic E-state index is 13.3. The van der Waals surface area contributed by atoms with Gasteiger partial charge < -0.3 is 20.4 Å². The van der Waals surface area contributed by atoms with Crippen LogP contribution in [0.15, 0.2) is 53.3 Å². The van der Waals surface area contributed by atoms with Crippen LogP contribution < -0.4 is 16.6 Å². The summed E-state index contributed by atoms with van der Waals surface area (Å²) in [7, 11) is 0. The third kappa shape index (κ3) is 5.46. The molecule has 0 fully saturated rings. The first kappa shape index (κ1) is 24.4. The van der Waals surface area contributed by atoms with Crippen molar-refractivity contribution in [3.8, 4) is 11.1 Å². The van der Waals surface area contributed by atoms with Crippen LogP contribution in [0.1, 0.15) is 32.0 Å². The summed E-state index contributed by atoms with van der Waals surface area (Å²) in [6.45, 7) is 7.43. The molecule has 2 aromatic carbocycles. The third-order valence-corrected chi connectivity index (χ3v) is 4.96. The van der Waals surface area contributed by atoms with Crippen LogP contribution in [0, 0.1) is 5.92 Å². The molecule has 166 valence electrons. The van der Waals surface area contributed by atoms with Crippen LogP contribution >= 0.6 is 12.4 Å². The van der Waals surface area contributed by atoms with Gasteiger partial charge in [-0.25, -0.2) is 4.79 Å². The minimum absolute atomic E-state index is 0. The number of nitrogens with one attached hydrogen (secondary N) is 1. The molecule has 0 saturated carbocycles. The van der Waals surface area contributed by atoms with E-state index >= 15 is 0 Å². The number of carbonyl (C=O) groups excluding carboxylic acids is 1. The lowest BCUT2D eigenvalue weighted by molar-refractivity contribution is 0.151. The molecule has 0 spiro atoms. The summed E-state index contributed by atoms with van der Waals surface area (Å²) in [5.74, 6) is 0.308. The first-order valence-electron chi connectivity index (χ1n) is 10.3. The van der Waals surface area contributed by atoms with Gasteiger partial charge in [0, 0.05) is 36.3 Å². The summed E-state index contributed by atoms with van der Waals surface area (Å²) in [5, 5.41) is 4.22. The van der Waals surface area contributed by atoms with Crippen molar-refractivity contribution in [1.29, 1.82) is 0 Å². The molecule has 3 N–H and O–H groups in total. The zero-order valence-corrected chi connectivity index (χ0v) is 19.0. The first-order chi connectivity index (χ1) is 14.5. The molecule has 1 heterocycles. The molecule has 1 amide bonds. The van der Waals surface area contributed by atoms with Gasteiger partial charge in [-0.3, -0.25) is 4.79 Å². The van der Waals surface area contributed by atoms with Crippen LogP contribution in [0.25, 0.3) is 21.9 Å². The summed E-state index contributed by atoms with van der Waals surface area (Å²) in [4.78, 5) is 25.0. The summed E-state index contributed by atoms with van der Waals surface area (Å²) in [6.07, 6.45) is -0.462. The highest BCUT2D eigenvalue weighted by Gasteiger charge is 2.18. The number of hydrogen-bond acceptors (Lipinski definition) is 4. The fourth-order valence-electron chi connectivity index (χ4n) is 3.71. The molecular weight excluding hydrogens is 414 g/mol. The monoisotopic (exact) mass is 443 g/mol. The Morgan fingerprint density at radius 3 is 2.45 bits per heavy atom. The van der Waals surface area contributed by atoms with E-state index in [-0.39, 0.29) is 24.5 Å². The molecule has 0 bridgehead atoms. The Morgan fingerprint density at radius 1 is 1.13 bits per heavy atom. The van der Waals surface area contributed by atoms with Crippen molar-refractivity contribution < 1.29 is 9.53 Å². The van der Waals surface area contributed by atoms with Crippen LogP contribution in [-0.4, -0.2) is 17.3 Å². The van der Waals surface area contributed by atoms with Crippen molar-refractivity contribution in [3.63, 3.8) is 0 Å². The number of benzene rings is 2. The number of aromatic nitrogens is 1. The Kier molecular flexibility index (Phi) is 8.65. The van der Waals surface area contributed by atoms with Gasteiger partial charge in [0.1, 0.15) is 0 Å². The van der Waals surface area contributed by atoms with Crippen LogP contribution in [0.3, 0.4) is 0 Å². The molecule has 3 rings (SSSR count). The summed E-state index contributed by atoms with van der Waals surface area (Å²) < 4.78 is 6.74. The maximum absolute atomic E-state index is 13.3. The minimum atomic E-state index is -0.462. The molecule has 0 aliphatic heterocycles. The second-order valence-corrected chi connectivity index (χ2v) is 7.66. The Morgan fingerprint density at radius 2 is 1.84 bits per heavy atom. The van der Waals surface area contributed by atoms with Gasteiger partial charge in [-0.1, -0.05) is 50.2 Å². The number of ether oxygens (including phenoxy) is 1. The number of nitrogens with two attached hydrogens (primary N) is 1. The molecule has 0 aliphatic carbocycles. The number of alkyl carbamates (subject to hydrolysis) is 1. The van der Waals surface area contributed by atoms with Gasteiger partial charge in [-0.05, 0) is 41.5 Å². The zero-order chi connectivity index (χ0) is 21.7. The summed E-state index contributed by atoms with van der Waals surface area (Å²) >= 11 is 0. The van der Waals surface area contributed by atoms with E-state index in [0.717, 1.165) is 27.8 Å². The van der Waals surface area contributed by atoms with Crippen molar-refractivity contribution in [3.05, 3.63) is 70.1 Å². The topological polar surface area (TPSA) is 86.3 Å². The van der Waals surface area contributed by atoms with E-state index in [0.29, 0.717) is 31.0 Å². The first-order valence-corrected chi connectivity index (χ1v) is 10.3. The van der Waals surface area contributed by atoms with Crippen molar-refractivity contribution in [2.75, 3.05) is 6.61 Å².